The lowest BCUT2D eigenvalue weighted by Crippen LogP contribution is -2.59. The number of carboxylic acid groups (broad SMARTS) is 1. The van der Waals surface area contributed by atoms with Gasteiger partial charge in [-0.25, -0.2) is 17.6 Å². The fourth-order valence-corrected chi connectivity index (χ4v) is 8.63. The lowest BCUT2D eigenvalue weighted by molar-refractivity contribution is -0.142. The number of halogens is 1. The van der Waals surface area contributed by atoms with Gasteiger partial charge in [0.2, 0.25) is 27.7 Å². The van der Waals surface area contributed by atoms with Crippen LogP contribution in [0.3, 0.4) is 0 Å². The summed E-state index contributed by atoms with van der Waals surface area (Å²) in [6, 6.07) is 0.841. The van der Waals surface area contributed by atoms with Crippen molar-refractivity contribution in [3.8, 4) is 0 Å². The molecule has 16 nitrogen and oxygen atoms in total. The van der Waals surface area contributed by atoms with Crippen LogP contribution in [0.25, 0.3) is 0 Å². The van der Waals surface area contributed by atoms with Gasteiger partial charge in [-0.2, -0.15) is 0 Å². The standard InChI is InChI=1S/C35H45FN6O10S/c36-25-9-6-7-20-17-41(19-24(20)25)34(49)52-22-15-28-31(46)39-35(33(48)40-53(50,51)23-11-12-23)16-21(35)8-4-2-1-3-5-10-27(32(47)42(28)18-22)38-30(45)26(37)13-14-29(43)44/h4,6-9,21-23,26-28H,1-3,5,10-19,37H2,(H,38,45)(H,39,46)(H,40,48)(H,43,44)/t21-,22-,26-,27+,28+,35-/m1/s1. The topological polar surface area (TPSA) is 235 Å². The van der Waals surface area contributed by atoms with Gasteiger partial charge in [-0.05, 0) is 56.6 Å². The predicted octanol–water partition coefficient (Wildman–Crippen LogP) is 0.928. The van der Waals surface area contributed by atoms with Crippen LogP contribution in [0.15, 0.2) is 30.4 Å². The third kappa shape index (κ3) is 8.64. The normalized spacial score (nSPS) is 28.0. The molecule has 0 bridgehead atoms. The second-order valence-electron chi connectivity index (χ2n) is 14.6. The van der Waals surface area contributed by atoms with E-state index in [4.69, 9.17) is 15.6 Å². The molecule has 1 saturated heterocycles. The monoisotopic (exact) mass is 760 g/mol. The summed E-state index contributed by atoms with van der Waals surface area (Å²) in [6.07, 6.45) is 4.73. The second-order valence-corrected chi connectivity index (χ2v) is 16.6. The van der Waals surface area contributed by atoms with Crippen LogP contribution in [0.1, 0.15) is 81.8 Å². The molecule has 1 aromatic rings. The minimum Gasteiger partial charge on any atom is -0.481 e. The molecule has 288 valence electrons. The van der Waals surface area contributed by atoms with Gasteiger partial charge in [0.15, 0.2) is 0 Å². The van der Waals surface area contributed by atoms with E-state index in [1.54, 1.807) is 12.1 Å². The van der Waals surface area contributed by atoms with E-state index in [2.05, 4.69) is 15.4 Å². The summed E-state index contributed by atoms with van der Waals surface area (Å²) in [5.74, 6) is -5.19. The zero-order valence-electron chi connectivity index (χ0n) is 29.1. The summed E-state index contributed by atoms with van der Waals surface area (Å²) >= 11 is 0. The van der Waals surface area contributed by atoms with Gasteiger partial charge < -0.3 is 31.1 Å². The van der Waals surface area contributed by atoms with Crippen molar-refractivity contribution in [2.24, 2.45) is 11.7 Å². The molecule has 18 heteroatoms. The van der Waals surface area contributed by atoms with E-state index in [-0.39, 0.29) is 51.7 Å². The minimum absolute atomic E-state index is 0.0351. The number of benzene rings is 1. The van der Waals surface area contributed by atoms with E-state index in [1.807, 2.05) is 6.08 Å². The van der Waals surface area contributed by atoms with E-state index < -0.39 is 92.5 Å². The number of hydrogen-bond donors (Lipinski definition) is 5. The highest BCUT2D eigenvalue weighted by molar-refractivity contribution is 7.91. The first-order valence-electron chi connectivity index (χ1n) is 18.0. The van der Waals surface area contributed by atoms with Crippen molar-refractivity contribution in [3.63, 3.8) is 0 Å². The number of nitrogens with two attached hydrogens (primary N) is 1. The molecule has 6 N–H and O–H groups in total. The number of allylic oxidation sites excluding steroid dienone is 1. The number of rotatable bonds is 9. The van der Waals surface area contributed by atoms with E-state index in [0.29, 0.717) is 49.7 Å². The van der Waals surface area contributed by atoms with Crippen LogP contribution in [0.4, 0.5) is 9.18 Å². The van der Waals surface area contributed by atoms with Gasteiger partial charge >= 0.3 is 12.1 Å². The fraction of sp³-hybridized carbons (Fsp3) is 0.600. The Labute approximate surface area is 306 Å². The van der Waals surface area contributed by atoms with Gasteiger partial charge in [-0.3, -0.25) is 33.6 Å². The number of carbonyl (C=O) groups is 6. The number of amides is 5. The highest BCUT2D eigenvalue weighted by Gasteiger charge is 2.62. The van der Waals surface area contributed by atoms with Crippen molar-refractivity contribution in [2.75, 3.05) is 6.54 Å². The Bertz CT molecular complexity index is 1800. The number of nitrogens with zero attached hydrogens (tertiary/aromatic N) is 2. The quantitative estimate of drug-likeness (QED) is 0.222. The summed E-state index contributed by atoms with van der Waals surface area (Å²) < 4.78 is 47.8. The average molecular weight is 761 g/mol. The summed E-state index contributed by atoms with van der Waals surface area (Å²) in [5.41, 5.74) is 5.33. The highest BCUT2D eigenvalue weighted by Crippen LogP contribution is 2.46. The lowest BCUT2D eigenvalue weighted by Gasteiger charge is -2.30. The maximum Gasteiger partial charge on any atom is 0.410 e. The van der Waals surface area contributed by atoms with Gasteiger partial charge in [0.25, 0.3) is 5.91 Å². The minimum atomic E-state index is -3.95. The predicted molar refractivity (Wildman–Crippen MR) is 184 cm³/mol. The number of fused-ring (bicyclic) bond motifs is 3. The van der Waals surface area contributed by atoms with Crippen LogP contribution in [0, 0.1) is 11.7 Å². The van der Waals surface area contributed by atoms with Gasteiger partial charge in [-0.1, -0.05) is 37.1 Å². The molecule has 3 fully saturated rings. The first-order chi connectivity index (χ1) is 25.2. The average Bonchev–Trinajstić information content (AvgIpc) is 3.99. The Hall–Kier alpha value is -4.58. The molecule has 0 spiro atoms. The number of nitrogens with one attached hydrogen (secondary N) is 3. The third-order valence-electron chi connectivity index (χ3n) is 10.6. The molecule has 0 aromatic heterocycles. The van der Waals surface area contributed by atoms with Crippen molar-refractivity contribution in [2.45, 2.75) is 119 Å². The van der Waals surface area contributed by atoms with Gasteiger partial charge in [0.05, 0.1) is 24.4 Å². The number of carboxylic acids is 1. The smallest absolute Gasteiger partial charge is 0.410 e. The largest absolute Gasteiger partial charge is 0.481 e. The van der Waals surface area contributed by atoms with Crippen molar-refractivity contribution >= 4 is 45.7 Å². The van der Waals surface area contributed by atoms with Crippen molar-refractivity contribution < 1.29 is 51.4 Å². The molecule has 2 saturated carbocycles. The van der Waals surface area contributed by atoms with Gasteiger partial charge in [-0.15, -0.1) is 0 Å². The van der Waals surface area contributed by atoms with E-state index >= 15 is 0 Å². The van der Waals surface area contributed by atoms with E-state index in [1.165, 1.54) is 21.9 Å². The third-order valence-corrected chi connectivity index (χ3v) is 12.4. The number of carbonyl (C=O) groups excluding carboxylic acids is 5. The van der Waals surface area contributed by atoms with Crippen molar-refractivity contribution in [3.05, 3.63) is 47.3 Å². The maximum atomic E-state index is 14.4. The number of sulfonamides is 1. The Morgan fingerprint density at radius 2 is 1.89 bits per heavy atom. The summed E-state index contributed by atoms with van der Waals surface area (Å²) in [4.78, 5) is 82.0. The number of hydrogen-bond acceptors (Lipinski definition) is 10. The summed E-state index contributed by atoms with van der Waals surface area (Å²) in [7, 11) is -3.95. The molecular weight excluding hydrogens is 715 g/mol. The highest BCUT2D eigenvalue weighted by atomic mass is 32.2. The molecule has 0 unspecified atom stereocenters. The molecule has 5 amide bonds. The van der Waals surface area contributed by atoms with Crippen LogP contribution in [0.2, 0.25) is 0 Å². The van der Waals surface area contributed by atoms with Gasteiger partial charge in [0.1, 0.15) is 29.5 Å². The Morgan fingerprint density at radius 3 is 2.60 bits per heavy atom. The number of ether oxygens (including phenoxy) is 1. The van der Waals surface area contributed by atoms with Crippen LogP contribution in [-0.2, 0) is 51.8 Å². The second kappa shape index (κ2) is 15.4. The summed E-state index contributed by atoms with van der Waals surface area (Å²) in [5, 5.41) is 13.7. The molecule has 53 heavy (non-hydrogen) atoms. The Morgan fingerprint density at radius 1 is 1.11 bits per heavy atom. The molecule has 6 atom stereocenters. The zero-order chi connectivity index (χ0) is 38.1. The molecule has 3 aliphatic heterocycles. The maximum absolute atomic E-state index is 14.4. The lowest BCUT2D eigenvalue weighted by atomic mass is 10.0. The molecule has 0 radical (unpaired) electrons. The fourth-order valence-electron chi connectivity index (χ4n) is 7.26. The molecule has 3 heterocycles. The zero-order valence-corrected chi connectivity index (χ0v) is 29.9. The Balaban J connectivity index is 1.24. The van der Waals surface area contributed by atoms with Crippen molar-refractivity contribution in [1.29, 1.82) is 0 Å². The SMILES string of the molecule is N[C@H](CCC(=O)O)C(=O)N[C@H]1CCCCCC=C[C@@H]2C[C@@]2(C(=O)NS(=O)(=O)C2CC2)NC(=O)[C@@H]2C[C@@H](OC(=O)N3Cc4cccc(F)c4C3)CN2C1=O. The first kappa shape index (κ1) is 38.2. The molecular formula is C35H45FN6O10S. The van der Waals surface area contributed by atoms with Crippen molar-refractivity contribution in [1.82, 2.24) is 25.2 Å². The molecule has 2 aliphatic carbocycles. The van der Waals surface area contributed by atoms with Crippen LogP contribution < -0.4 is 21.1 Å². The van der Waals surface area contributed by atoms with Crippen LogP contribution in [-0.4, -0.2) is 101 Å². The Kier molecular flexibility index (Phi) is 11.1. The molecule has 1 aromatic carbocycles. The summed E-state index contributed by atoms with van der Waals surface area (Å²) in [6.45, 7) is -0.196. The van der Waals surface area contributed by atoms with Gasteiger partial charge in [0, 0.05) is 30.9 Å². The van der Waals surface area contributed by atoms with E-state index in [0.717, 1.165) is 0 Å². The first-order valence-corrected chi connectivity index (χ1v) is 19.6. The number of aliphatic carboxylic acids is 1. The molecule has 5 aliphatic rings. The van der Waals surface area contributed by atoms with Crippen LogP contribution in [0.5, 0.6) is 0 Å². The molecule has 6 rings (SSSR count). The van der Waals surface area contributed by atoms with Crippen LogP contribution >= 0.6 is 0 Å². The van der Waals surface area contributed by atoms with E-state index in [9.17, 15) is 41.6 Å².